The Labute approximate surface area is 120 Å². The fourth-order valence-electron chi connectivity index (χ4n) is 3.12. The van der Waals surface area contributed by atoms with Crippen LogP contribution in [0.25, 0.3) is 0 Å². The van der Waals surface area contributed by atoms with E-state index in [1.165, 1.54) is 19.3 Å². The number of rotatable bonds is 3. The van der Waals surface area contributed by atoms with E-state index in [9.17, 15) is 4.79 Å². The molecule has 5 heteroatoms. The summed E-state index contributed by atoms with van der Waals surface area (Å²) < 4.78 is 1.60. The maximum absolute atomic E-state index is 12.2. The van der Waals surface area contributed by atoms with Crippen LogP contribution in [-0.2, 0) is 6.54 Å². The summed E-state index contributed by atoms with van der Waals surface area (Å²) in [7, 11) is 0. The topological polar surface area (TPSA) is 50.2 Å². The molecule has 0 aromatic carbocycles. The van der Waals surface area contributed by atoms with Crippen LogP contribution in [-0.4, -0.2) is 35.5 Å². The van der Waals surface area contributed by atoms with E-state index in [-0.39, 0.29) is 5.56 Å². The number of piperidine rings is 1. The zero-order valence-corrected chi connectivity index (χ0v) is 12.2. The van der Waals surface area contributed by atoms with E-state index in [1.54, 1.807) is 10.7 Å². The molecule has 0 saturated carbocycles. The molecule has 1 N–H and O–H groups in total. The summed E-state index contributed by atoms with van der Waals surface area (Å²) in [5.74, 6) is 0.799. The van der Waals surface area contributed by atoms with Crippen molar-refractivity contribution in [1.29, 1.82) is 0 Å². The Kier molecular flexibility index (Phi) is 4.05. The number of hydrogen-bond acceptors (Lipinski definition) is 4. The third-order valence-electron chi connectivity index (χ3n) is 4.56. The van der Waals surface area contributed by atoms with Crippen LogP contribution in [0, 0.1) is 5.92 Å². The average Bonchev–Trinajstić information content (AvgIpc) is 2.95. The van der Waals surface area contributed by atoms with Crippen LogP contribution in [0.5, 0.6) is 0 Å². The van der Waals surface area contributed by atoms with Crippen LogP contribution in [0.15, 0.2) is 17.1 Å². The van der Waals surface area contributed by atoms with Crippen molar-refractivity contribution in [2.24, 2.45) is 5.92 Å². The Morgan fingerprint density at radius 1 is 1.35 bits per heavy atom. The number of aromatic nitrogens is 2. The highest BCUT2D eigenvalue weighted by Gasteiger charge is 2.18. The van der Waals surface area contributed by atoms with Gasteiger partial charge in [0.1, 0.15) is 0 Å². The molecule has 3 rings (SSSR count). The van der Waals surface area contributed by atoms with Crippen LogP contribution in [0.3, 0.4) is 0 Å². The lowest BCUT2D eigenvalue weighted by atomic mass is 9.99. The summed E-state index contributed by atoms with van der Waals surface area (Å²) in [5, 5.41) is 7.76. The maximum Gasteiger partial charge on any atom is 0.268 e. The molecule has 5 nitrogen and oxygen atoms in total. The lowest BCUT2D eigenvalue weighted by molar-refractivity contribution is 0.435. The largest absolute Gasteiger partial charge is 0.370 e. The summed E-state index contributed by atoms with van der Waals surface area (Å²) in [6.45, 7) is 6.12. The first-order valence-electron chi connectivity index (χ1n) is 7.78. The second kappa shape index (κ2) is 5.95. The van der Waals surface area contributed by atoms with E-state index in [1.807, 2.05) is 6.20 Å². The lowest BCUT2D eigenvalue weighted by Crippen LogP contribution is -2.36. The van der Waals surface area contributed by atoms with Crippen LogP contribution in [0.4, 0.5) is 5.69 Å². The lowest BCUT2D eigenvalue weighted by Gasteiger charge is -2.31. The third-order valence-corrected chi connectivity index (χ3v) is 4.56. The van der Waals surface area contributed by atoms with E-state index in [2.05, 4.69) is 22.2 Å². The second-order valence-electron chi connectivity index (χ2n) is 6.20. The number of nitrogens with zero attached hydrogens (tertiary/aromatic N) is 3. The molecule has 0 aliphatic carbocycles. The zero-order chi connectivity index (χ0) is 13.9. The first-order chi connectivity index (χ1) is 9.72. The first-order valence-corrected chi connectivity index (χ1v) is 7.78. The fourth-order valence-corrected chi connectivity index (χ4v) is 3.12. The van der Waals surface area contributed by atoms with Crippen molar-refractivity contribution >= 4 is 5.69 Å². The molecule has 2 saturated heterocycles. The standard InChI is InChI=1S/C15H24N4O/c1-12-4-7-18(8-5-12)14-9-15(20)19(17-10-14)11-13-3-2-6-16-13/h9-10,12-13,16H,2-8,11H2,1H3/t13-/m0/s1. The molecule has 1 atom stereocenters. The minimum absolute atomic E-state index is 0.0230. The normalized spacial score (nSPS) is 24.2. The van der Waals surface area contributed by atoms with Crippen molar-refractivity contribution in [2.45, 2.75) is 45.2 Å². The summed E-state index contributed by atoms with van der Waals surface area (Å²) in [4.78, 5) is 14.5. The molecular formula is C15H24N4O. The number of nitrogens with one attached hydrogen (secondary N) is 1. The predicted octanol–water partition coefficient (Wildman–Crippen LogP) is 1.23. The van der Waals surface area contributed by atoms with Crippen LogP contribution in [0.2, 0.25) is 0 Å². The van der Waals surface area contributed by atoms with Crippen molar-refractivity contribution < 1.29 is 0 Å². The summed E-state index contributed by atoms with van der Waals surface area (Å²) in [5.41, 5.74) is 1.01. The van der Waals surface area contributed by atoms with E-state index >= 15 is 0 Å². The number of hydrogen-bond donors (Lipinski definition) is 1. The van der Waals surface area contributed by atoms with Gasteiger partial charge in [-0.25, -0.2) is 4.68 Å². The molecule has 20 heavy (non-hydrogen) atoms. The molecule has 0 bridgehead atoms. The highest BCUT2D eigenvalue weighted by Crippen LogP contribution is 2.21. The summed E-state index contributed by atoms with van der Waals surface area (Å²) in [6.07, 6.45) is 6.60. The molecular weight excluding hydrogens is 252 g/mol. The van der Waals surface area contributed by atoms with Gasteiger partial charge in [0.25, 0.3) is 5.56 Å². The average molecular weight is 276 g/mol. The smallest absolute Gasteiger partial charge is 0.268 e. The Morgan fingerprint density at radius 2 is 2.15 bits per heavy atom. The minimum Gasteiger partial charge on any atom is -0.370 e. The van der Waals surface area contributed by atoms with E-state index in [4.69, 9.17) is 0 Å². The maximum atomic E-state index is 12.2. The van der Waals surface area contributed by atoms with Crippen molar-refractivity contribution in [2.75, 3.05) is 24.5 Å². The SMILES string of the molecule is CC1CCN(c2cnn(C[C@@H]3CCCN3)c(=O)c2)CC1. The molecule has 3 heterocycles. The van der Waals surface area contributed by atoms with Crippen molar-refractivity contribution in [3.8, 4) is 0 Å². The van der Waals surface area contributed by atoms with Crippen molar-refractivity contribution in [3.63, 3.8) is 0 Å². The van der Waals surface area contributed by atoms with Crippen molar-refractivity contribution in [1.82, 2.24) is 15.1 Å². The van der Waals surface area contributed by atoms with Gasteiger partial charge in [0.05, 0.1) is 18.4 Å². The molecule has 0 unspecified atom stereocenters. The molecule has 2 aliphatic rings. The van der Waals surface area contributed by atoms with Gasteiger partial charge in [-0.05, 0) is 38.1 Å². The van der Waals surface area contributed by atoms with Gasteiger partial charge in [0.15, 0.2) is 0 Å². The highest BCUT2D eigenvalue weighted by atomic mass is 16.1. The third kappa shape index (κ3) is 3.03. The molecule has 2 aliphatic heterocycles. The zero-order valence-electron chi connectivity index (χ0n) is 12.2. The fraction of sp³-hybridized carbons (Fsp3) is 0.733. The predicted molar refractivity (Wildman–Crippen MR) is 80.1 cm³/mol. The Morgan fingerprint density at radius 3 is 2.80 bits per heavy atom. The Hall–Kier alpha value is -1.36. The minimum atomic E-state index is 0.0230. The van der Waals surface area contributed by atoms with E-state index < -0.39 is 0 Å². The molecule has 0 amide bonds. The molecule has 0 radical (unpaired) electrons. The Bertz CT molecular complexity index is 499. The van der Waals surface area contributed by atoms with Gasteiger partial charge >= 0.3 is 0 Å². The first kappa shape index (κ1) is 13.6. The van der Waals surface area contributed by atoms with Gasteiger partial charge in [-0.15, -0.1) is 0 Å². The molecule has 1 aromatic heterocycles. The molecule has 2 fully saturated rings. The monoisotopic (exact) mass is 276 g/mol. The quantitative estimate of drug-likeness (QED) is 0.902. The van der Waals surface area contributed by atoms with Gasteiger partial charge in [-0.1, -0.05) is 6.92 Å². The Balaban J connectivity index is 1.68. The highest BCUT2D eigenvalue weighted by molar-refractivity contribution is 5.43. The summed E-state index contributed by atoms with van der Waals surface area (Å²) in [6, 6.07) is 2.15. The van der Waals surface area contributed by atoms with Gasteiger partial charge < -0.3 is 10.2 Å². The second-order valence-corrected chi connectivity index (χ2v) is 6.20. The molecule has 110 valence electrons. The van der Waals surface area contributed by atoms with Crippen LogP contribution >= 0.6 is 0 Å². The van der Waals surface area contributed by atoms with Crippen LogP contribution < -0.4 is 15.8 Å². The van der Waals surface area contributed by atoms with Crippen LogP contribution in [0.1, 0.15) is 32.6 Å². The van der Waals surface area contributed by atoms with Gasteiger partial charge in [-0.3, -0.25) is 4.79 Å². The van der Waals surface area contributed by atoms with Gasteiger partial charge in [0.2, 0.25) is 0 Å². The number of anilines is 1. The van der Waals surface area contributed by atoms with E-state index in [0.717, 1.165) is 37.7 Å². The van der Waals surface area contributed by atoms with Gasteiger partial charge in [-0.2, -0.15) is 5.10 Å². The van der Waals surface area contributed by atoms with Crippen molar-refractivity contribution in [3.05, 3.63) is 22.6 Å². The molecule has 1 aromatic rings. The molecule has 0 spiro atoms. The van der Waals surface area contributed by atoms with E-state index in [0.29, 0.717) is 12.6 Å². The summed E-state index contributed by atoms with van der Waals surface area (Å²) >= 11 is 0. The van der Waals surface area contributed by atoms with Gasteiger partial charge in [0, 0.05) is 25.2 Å².